The van der Waals surface area contributed by atoms with Gasteiger partial charge < -0.3 is 10.0 Å². The quantitative estimate of drug-likeness (QED) is 0.829. The van der Waals surface area contributed by atoms with Gasteiger partial charge in [-0.25, -0.2) is 0 Å². The SMILES string of the molecule is CC(C)CN(CC(C)C)C(=O)CCc1ccccc1O. The molecule has 3 heteroatoms. The van der Waals surface area contributed by atoms with Crippen LogP contribution in [0.3, 0.4) is 0 Å². The van der Waals surface area contributed by atoms with Crippen molar-refractivity contribution >= 4 is 5.91 Å². The van der Waals surface area contributed by atoms with Crippen LogP contribution in [-0.2, 0) is 11.2 Å². The van der Waals surface area contributed by atoms with E-state index in [0.29, 0.717) is 24.7 Å². The molecule has 0 bridgehead atoms. The molecule has 0 aromatic heterocycles. The van der Waals surface area contributed by atoms with E-state index in [-0.39, 0.29) is 11.7 Å². The number of rotatable bonds is 7. The molecule has 0 unspecified atom stereocenters. The molecule has 0 saturated carbocycles. The van der Waals surface area contributed by atoms with Gasteiger partial charge in [-0.1, -0.05) is 45.9 Å². The number of benzene rings is 1. The molecule has 0 saturated heterocycles. The Morgan fingerprint density at radius 3 is 2.15 bits per heavy atom. The first kappa shape index (κ1) is 16.5. The van der Waals surface area contributed by atoms with Gasteiger partial charge >= 0.3 is 0 Å². The lowest BCUT2D eigenvalue weighted by Crippen LogP contribution is -2.37. The van der Waals surface area contributed by atoms with Crippen molar-refractivity contribution in [3.63, 3.8) is 0 Å². The van der Waals surface area contributed by atoms with E-state index in [1.807, 2.05) is 17.0 Å². The van der Waals surface area contributed by atoms with Crippen molar-refractivity contribution in [2.24, 2.45) is 11.8 Å². The van der Waals surface area contributed by atoms with Gasteiger partial charge in [0.05, 0.1) is 0 Å². The number of amides is 1. The van der Waals surface area contributed by atoms with Crippen LogP contribution in [0.15, 0.2) is 24.3 Å². The van der Waals surface area contributed by atoms with E-state index in [1.54, 1.807) is 12.1 Å². The monoisotopic (exact) mass is 277 g/mol. The zero-order valence-electron chi connectivity index (χ0n) is 13.1. The second-order valence-electron chi connectivity index (χ2n) is 6.22. The fraction of sp³-hybridized carbons (Fsp3) is 0.588. The van der Waals surface area contributed by atoms with Crippen LogP contribution in [0, 0.1) is 11.8 Å². The summed E-state index contributed by atoms with van der Waals surface area (Å²) in [5.41, 5.74) is 0.842. The van der Waals surface area contributed by atoms with Gasteiger partial charge in [0.1, 0.15) is 5.75 Å². The number of phenols is 1. The van der Waals surface area contributed by atoms with Crippen molar-refractivity contribution in [1.82, 2.24) is 4.90 Å². The normalized spacial score (nSPS) is 11.1. The summed E-state index contributed by atoms with van der Waals surface area (Å²) < 4.78 is 0. The van der Waals surface area contributed by atoms with E-state index < -0.39 is 0 Å². The summed E-state index contributed by atoms with van der Waals surface area (Å²) in [4.78, 5) is 14.3. The Bertz CT molecular complexity index is 417. The average molecular weight is 277 g/mol. The Kier molecular flexibility index (Phi) is 6.56. The fourth-order valence-corrected chi connectivity index (χ4v) is 2.28. The van der Waals surface area contributed by atoms with Crippen molar-refractivity contribution in [3.05, 3.63) is 29.8 Å². The van der Waals surface area contributed by atoms with Gasteiger partial charge in [-0.3, -0.25) is 4.79 Å². The predicted molar refractivity (Wildman–Crippen MR) is 82.7 cm³/mol. The molecule has 0 aliphatic carbocycles. The zero-order valence-corrected chi connectivity index (χ0v) is 13.1. The number of aryl methyl sites for hydroxylation is 1. The lowest BCUT2D eigenvalue weighted by atomic mass is 10.1. The Labute approximate surface area is 122 Å². The van der Waals surface area contributed by atoms with Crippen LogP contribution in [0.2, 0.25) is 0 Å². The lowest BCUT2D eigenvalue weighted by Gasteiger charge is -2.26. The van der Waals surface area contributed by atoms with Gasteiger partial charge in [-0.05, 0) is 29.9 Å². The molecule has 0 atom stereocenters. The zero-order chi connectivity index (χ0) is 15.1. The first-order valence-corrected chi connectivity index (χ1v) is 7.44. The molecule has 1 rings (SSSR count). The van der Waals surface area contributed by atoms with E-state index >= 15 is 0 Å². The summed E-state index contributed by atoms with van der Waals surface area (Å²) in [5, 5.41) is 9.73. The van der Waals surface area contributed by atoms with Crippen molar-refractivity contribution in [3.8, 4) is 5.75 Å². The summed E-state index contributed by atoms with van der Waals surface area (Å²) in [6.45, 7) is 10.1. The van der Waals surface area contributed by atoms with Crippen LogP contribution in [-0.4, -0.2) is 29.0 Å². The number of nitrogens with zero attached hydrogens (tertiary/aromatic N) is 1. The highest BCUT2D eigenvalue weighted by Gasteiger charge is 2.16. The largest absolute Gasteiger partial charge is 0.508 e. The van der Waals surface area contributed by atoms with Crippen LogP contribution in [0.4, 0.5) is 0 Å². The number of carbonyl (C=O) groups excluding carboxylic acids is 1. The van der Waals surface area contributed by atoms with Gasteiger partial charge in [0.15, 0.2) is 0 Å². The van der Waals surface area contributed by atoms with Gasteiger partial charge in [-0.15, -0.1) is 0 Å². The summed E-state index contributed by atoms with van der Waals surface area (Å²) in [7, 11) is 0. The summed E-state index contributed by atoms with van der Waals surface area (Å²) in [6.07, 6.45) is 1.05. The fourth-order valence-electron chi connectivity index (χ4n) is 2.28. The molecule has 0 fully saturated rings. The number of phenolic OH excluding ortho intramolecular Hbond substituents is 1. The maximum absolute atomic E-state index is 12.3. The molecule has 1 amide bonds. The first-order chi connectivity index (χ1) is 9.40. The third-order valence-electron chi connectivity index (χ3n) is 3.12. The van der Waals surface area contributed by atoms with Crippen molar-refractivity contribution in [2.45, 2.75) is 40.5 Å². The van der Waals surface area contributed by atoms with Gasteiger partial charge in [-0.2, -0.15) is 0 Å². The molecule has 0 aliphatic heterocycles. The van der Waals surface area contributed by atoms with Gasteiger partial charge in [0, 0.05) is 19.5 Å². The van der Waals surface area contributed by atoms with Gasteiger partial charge in [0.2, 0.25) is 5.91 Å². The van der Waals surface area contributed by atoms with E-state index in [9.17, 15) is 9.90 Å². The number of para-hydroxylation sites is 1. The van der Waals surface area contributed by atoms with E-state index in [2.05, 4.69) is 27.7 Å². The molecule has 3 nitrogen and oxygen atoms in total. The average Bonchev–Trinajstić information content (AvgIpc) is 2.35. The third-order valence-corrected chi connectivity index (χ3v) is 3.12. The molecule has 0 heterocycles. The molecule has 20 heavy (non-hydrogen) atoms. The van der Waals surface area contributed by atoms with Crippen LogP contribution in [0.1, 0.15) is 39.7 Å². The second-order valence-corrected chi connectivity index (χ2v) is 6.22. The number of hydrogen-bond donors (Lipinski definition) is 1. The second kappa shape index (κ2) is 7.93. The van der Waals surface area contributed by atoms with Crippen LogP contribution >= 0.6 is 0 Å². The Balaban J connectivity index is 2.59. The maximum atomic E-state index is 12.3. The minimum Gasteiger partial charge on any atom is -0.508 e. The minimum absolute atomic E-state index is 0.177. The first-order valence-electron chi connectivity index (χ1n) is 7.44. The molecule has 0 radical (unpaired) electrons. The maximum Gasteiger partial charge on any atom is 0.222 e. The number of aromatic hydroxyl groups is 1. The van der Waals surface area contributed by atoms with Gasteiger partial charge in [0.25, 0.3) is 0 Å². The molecular formula is C17H27NO2. The smallest absolute Gasteiger partial charge is 0.222 e. The van der Waals surface area contributed by atoms with Crippen LogP contribution in [0.25, 0.3) is 0 Å². The molecule has 0 aliphatic rings. The molecule has 1 N–H and O–H groups in total. The Hall–Kier alpha value is -1.51. The lowest BCUT2D eigenvalue weighted by molar-refractivity contribution is -0.132. The van der Waals surface area contributed by atoms with Crippen LogP contribution in [0.5, 0.6) is 5.75 Å². The van der Waals surface area contributed by atoms with E-state index in [4.69, 9.17) is 0 Å². The van der Waals surface area contributed by atoms with Crippen LogP contribution < -0.4 is 0 Å². The summed E-state index contributed by atoms with van der Waals surface area (Å²) in [6, 6.07) is 7.22. The summed E-state index contributed by atoms with van der Waals surface area (Å²) >= 11 is 0. The third kappa shape index (κ3) is 5.64. The Morgan fingerprint density at radius 2 is 1.65 bits per heavy atom. The molecule has 1 aromatic rings. The highest BCUT2D eigenvalue weighted by atomic mass is 16.3. The standard InChI is InChI=1S/C17H27NO2/c1-13(2)11-18(12-14(3)4)17(20)10-9-15-7-5-6-8-16(15)19/h5-8,13-14,19H,9-12H2,1-4H3. The molecule has 1 aromatic carbocycles. The van der Waals surface area contributed by atoms with E-state index in [0.717, 1.165) is 18.7 Å². The molecule has 0 spiro atoms. The van der Waals surface area contributed by atoms with E-state index in [1.165, 1.54) is 0 Å². The summed E-state index contributed by atoms with van der Waals surface area (Å²) in [5.74, 6) is 1.40. The Morgan fingerprint density at radius 1 is 1.10 bits per heavy atom. The van der Waals surface area contributed by atoms with Crippen molar-refractivity contribution in [2.75, 3.05) is 13.1 Å². The highest BCUT2D eigenvalue weighted by molar-refractivity contribution is 5.76. The topological polar surface area (TPSA) is 40.5 Å². The highest BCUT2D eigenvalue weighted by Crippen LogP contribution is 2.18. The molecule has 112 valence electrons. The molecular weight excluding hydrogens is 250 g/mol. The number of hydrogen-bond acceptors (Lipinski definition) is 2. The number of carbonyl (C=O) groups is 1. The predicted octanol–water partition coefficient (Wildman–Crippen LogP) is 3.47. The van der Waals surface area contributed by atoms with Crippen molar-refractivity contribution < 1.29 is 9.90 Å². The minimum atomic E-state index is 0.177. The van der Waals surface area contributed by atoms with Crippen molar-refractivity contribution in [1.29, 1.82) is 0 Å².